The van der Waals surface area contributed by atoms with E-state index in [0.29, 0.717) is 5.82 Å². The summed E-state index contributed by atoms with van der Waals surface area (Å²) in [6.07, 6.45) is 3.21. The lowest BCUT2D eigenvalue weighted by molar-refractivity contribution is 1.11. The number of aromatic nitrogens is 4. The SMILES string of the molecule is c1ccc(Nc2n[nH]c3cncnc23)cc1. The summed E-state index contributed by atoms with van der Waals surface area (Å²) in [5.41, 5.74) is 2.59. The molecule has 0 radical (unpaired) electrons. The summed E-state index contributed by atoms with van der Waals surface area (Å²) in [4.78, 5) is 8.09. The third-order valence-electron chi connectivity index (χ3n) is 2.26. The fraction of sp³-hybridized carbons (Fsp3) is 0. The van der Waals surface area contributed by atoms with Crippen molar-refractivity contribution < 1.29 is 0 Å². The number of rotatable bonds is 2. The first kappa shape index (κ1) is 8.84. The zero-order chi connectivity index (χ0) is 10.8. The van der Waals surface area contributed by atoms with Crippen molar-refractivity contribution in [2.24, 2.45) is 0 Å². The minimum Gasteiger partial charge on any atom is -0.337 e. The minimum absolute atomic E-state index is 0.712. The Labute approximate surface area is 91.6 Å². The lowest BCUT2D eigenvalue weighted by atomic mass is 10.3. The van der Waals surface area contributed by atoms with Crippen LogP contribution in [0.5, 0.6) is 0 Å². The maximum atomic E-state index is 4.17. The molecule has 16 heavy (non-hydrogen) atoms. The van der Waals surface area contributed by atoms with Crippen molar-refractivity contribution >= 4 is 22.5 Å². The molecule has 78 valence electrons. The second-order valence-corrected chi connectivity index (χ2v) is 3.35. The predicted octanol–water partition coefficient (Wildman–Crippen LogP) is 2.10. The van der Waals surface area contributed by atoms with E-state index in [0.717, 1.165) is 16.7 Å². The quantitative estimate of drug-likeness (QED) is 0.681. The topological polar surface area (TPSA) is 66.5 Å². The molecule has 2 N–H and O–H groups in total. The molecule has 0 aliphatic heterocycles. The van der Waals surface area contributed by atoms with E-state index < -0.39 is 0 Å². The molecule has 2 heterocycles. The van der Waals surface area contributed by atoms with Gasteiger partial charge in [-0.25, -0.2) is 9.97 Å². The first-order chi connectivity index (χ1) is 7.93. The Morgan fingerprint density at radius 3 is 2.88 bits per heavy atom. The smallest absolute Gasteiger partial charge is 0.178 e. The van der Waals surface area contributed by atoms with Crippen LogP contribution in [0.3, 0.4) is 0 Å². The summed E-state index contributed by atoms with van der Waals surface area (Å²) < 4.78 is 0. The molecule has 0 saturated heterocycles. The number of hydrogen-bond donors (Lipinski definition) is 2. The van der Waals surface area contributed by atoms with Gasteiger partial charge in [-0.2, -0.15) is 5.10 Å². The number of aromatic amines is 1. The highest BCUT2D eigenvalue weighted by Crippen LogP contribution is 2.20. The second kappa shape index (κ2) is 3.62. The summed E-state index contributed by atoms with van der Waals surface area (Å²) >= 11 is 0. The molecule has 0 atom stereocenters. The standard InChI is InChI=1S/C11H9N5/c1-2-4-8(5-3-1)14-11-10-9(15-16-11)6-12-7-13-10/h1-7H,(H2,14,15,16). The number of hydrogen-bond acceptors (Lipinski definition) is 4. The minimum atomic E-state index is 0.712. The highest BCUT2D eigenvalue weighted by atomic mass is 15.2. The zero-order valence-corrected chi connectivity index (χ0v) is 8.38. The highest BCUT2D eigenvalue weighted by Gasteiger charge is 2.05. The third kappa shape index (κ3) is 1.48. The molecule has 0 fully saturated rings. The monoisotopic (exact) mass is 211 g/mol. The molecule has 0 unspecified atom stereocenters. The van der Waals surface area contributed by atoms with Gasteiger partial charge in [0.1, 0.15) is 17.4 Å². The van der Waals surface area contributed by atoms with Gasteiger partial charge in [-0.1, -0.05) is 18.2 Å². The van der Waals surface area contributed by atoms with Crippen LogP contribution in [0.4, 0.5) is 11.5 Å². The third-order valence-corrected chi connectivity index (χ3v) is 2.26. The summed E-state index contributed by atoms with van der Waals surface area (Å²) in [7, 11) is 0. The van der Waals surface area contributed by atoms with Gasteiger partial charge in [0.25, 0.3) is 0 Å². The van der Waals surface area contributed by atoms with Crippen molar-refractivity contribution in [2.45, 2.75) is 0 Å². The second-order valence-electron chi connectivity index (χ2n) is 3.35. The van der Waals surface area contributed by atoms with Crippen molar-refractivity contribution in [2.75, 3.05) is 5.32 Å². The number of H-pyrrole nitrogens is 1. The first-order valence-electron chi connectivity index (χ1n) is 4.89. The number of para-hydroxylation sites is 1. The van der Waals surface area contributed by atoms with E-state index in [9.17, 15) is 0 Å². The van der Waals surface area contributed by atoms with Crippen LogP contribution in [0.25, 0.3) is 11.0 Å². The van der Waals surface area contributed by atoms with Crippen molar-refractivity contribution in [3.8, 4) is 0 Å². The maximum Gasteiger partial charge on any atom is 0.178 e. The van der Waals surface area contributed by atoms with Crippen LogP contribution < -0.4 is 5.32 Å². The van der Waals surface area contributed by atoms with E-state index in [4.69, 9.17) is 0 Å². The molecular formula is C11H9N5. The molecule has 2 aromatic heterocycles. The van der Waals surface area contributed by atoms with E-state index >= 15 is 0 Å². The number of benzene rings is 1. The average molecular weight is 211 g/mol. The van der Waals surface area contributed by atoms with Crippen LogP contribution >= 0.6 is 0 Å². The number of fused-ring (bicyclic) bond motifs is 1. The fourth-order valence-electron chi connectivity index (χ4n) is 1.51. The molecule has 0 saturated carbocycles. The summed E-state index contributed by atoms with van der Waals surface area (Å²) in [6.45, 7) is 0. The van der Waals surface area contributed by atoms with Crippen molar-refractivity contribution in [1.82, 2.24) is 20.2 Å². The maximum absolute atomic E-state index is 4.17. The lowest BCUT2D eigenvalue weighted by Crippen LogP contribution is -1.91. The molecule has 0 amide bonds. The van der Waals surface area contributed by atoms with Crippen molar-refractivity contribution in [3.05, 3.63) is 42.9 Å². The Bertz CT molecular complexity index is 602. The molecule has 3 aromatic rings. The van der Waals surface area contributed by atoms with Crippen LogP contribution in [0.1, 0.15) is 0 Å². The summed E-state index contributed by atoms with van der Waals surface area (Å²) in [5.74, 6) is 0.712. The predicted molar refractivity (Wildman–Crippen MR) is 61.4 cm³/mol. The summed E-state index contributed by atoms with van der Waals surface area (Å²) in [5, 5.41) is 10.2. The largest absolute Gasteiger partial charge is 0.337 e. The van der Waals surface area contributed by atoms with Gasteiger partial charge in [0.15, 0.2) is 5.82 Å². The van der Waals surface area contributed by atoms with Gasteiger partial charge in [0, 0.05) is 5.69 Å². The average Bonchev–Trinajstić information content (AvgIpc) is 2.74. The highest BCUT2D eigenvalue weighted by molar-refractivity contribution is 5.86. The van der Waals surface area contributed by atoms with Gasteiger partial charge >= 0.3 is 0 Å². The van der Waals surface area contributed by atoms with Gasteiger partial charge in [-0.3, -0.25) is 5.10 Å². The van der Waals surface area contributed by atoms with Crippen molar-refractivity contribution in [3.63, 3.8) is 0 Å². The van der Waals surface area contributed by atoms with Crippen LogP contribution in [0, 0.1) is 0 Å². The lowest BCUT2D eigenvalue weighted by Gasteiger charge is -2.01. The Morgan fingerprint density at radius 2 is 2.00 bits per heavy atom. The molecular weight excluding hydrogens is 202 g/mol. The van der Waals surface area contributed by atoms with E-state index in [1.54, 1.807) is 6.20 Å². The molecule has 5 nitrogen and oxygen atoms in total. The van der Waals surface area contributed by atoms with E-state index in [-0.39, 0.29) is 0 Å². The van der Waals surface area contributed by atoms with Crippen LogP contribution in [0.2, 0.25) is 0 Å². The molecule has 1 aromatic carbocycles. The van der Waals surface area contributed by atoms with Gasteiger partial charge < -0.3 is 5.32 Å². The Morgan fingerprint density at radius 1 is 1.12 bits per heavy atom. The van der Waals surface area contributed by atoms with Crippen LogP contribution in [0.15, 0.2) is 42.9 Å². The zero-order valence-electron chi connectivity index (χ0n) is 8.38. The summed E-state index contributed by atoms with van der Waals surface area (Å²) in [6, 6.07) is 9.84. The van der Waals surface area contributed by atoms with Gasteiger partial charge in [-0.15, -0.1) is 0 Å². The van der Waals surface area contributed by atoms with Gasteiger partial charge in [0.2, 0.25) is 0 Å². The van der Waals surface area contributed by atoms with E-state index in [1.165, 1.54) is 6.33 Å². The van der Waals surface area contributed by atoms with Crippen molar-refractivity contribution in [1.29, 1.82) is 0 Å². The van der Waals surface area contributed by atoms with Crippen LogP contribution in [-0.2, 0) is 0 Å². The van der Waals surface area contributed by atoms with E-state index in [2.05, 4.69) is 25.5 Å². The Hall–Kier alpha value is -2.43. The van der Waals surface area contributed by atoms with Gasteiger partial charge in [-0.05, 0) is 12.1 Å². The molecule has 0 bridgehead atoms. The van der Waals surface area contributed by atoms with Crippen LogP contribution in [-0.4, -0.2) is 20.2 Å². The Kier molecular flexibility index (Phi) is 2.00. The normalized spacial score (nSPS) is 10.5. The number of nitrogens with zero attached hydrogens (tertiary/aromatic N) is 3. The first-order valence-corrected chi connectivity index (χ1v) is 4.89. The Balaban J connectivity index is 2.01. The number of anilines is 2. The molecule has 0 aliphatic rings. The fourth-order valence-corrected chi connectivity index (χ4v) is 1.51. The number of nitrogens with one attached hydrogen (secondary N) is 2. The molecule has 0 spiro atoms. The molecule has 0 aliphatic carbocycles. The molecule has 3 rings (SSSR count). The van der Waals surface area contributed by atoms with E-state index in [1.807, 2.05) is 30.3 Å². The molecule has 5 heteroatoms. The van der Waals surface area contributed by atoms with Gasteiger partial charge in [0.05, 0.1) is 6.20 Å².